The van der Waals surface area contributed by atoms with E-state index >= 15 is 0 Å². The Labute approximate surface area is 149 Å². The van der Waals surface area contributed by atoms with Gasteiger partial charge in [-0.05, 0) is 42.1 Å². The highest BCUT2D eigenvalue weighted by Crippen LogP contribution is 2.29. The van der Waals surface area contributed by atoms with Crippen LogP contribution >= 0.6 is 11.3 Å². The molecule has 0 saturated heterocycles. The summed E-state index contributed by atoms with van der Waals surface area (Å²) >= 11 is 1.39. The van der Waals surface area contributed by atoms with Crippen LogP contribution < -0.4 is 16.4 Å². The summed E-state index contributed by atoms with van der Waals surface area (Å²) in [6, 6.07) is 16.2. The van der Waals surface area contributed by atoms with Crippen molar-refractivity contribution in [2.45, 2.75) is 6.92 Å². The predicted octanol–water partition coefficient (Wildman–Crippen LogP) is 4.47. The maximum absolute atomic E-state index is 12.7. The minimum atomic E-state index is -0.650. The van der Waals surface area contributed by atoms with Crippen LogP contribution in [0, 0.1) is 6.92 Å². The minimum absolute atomic E-state index is 0.193. The van der Waals surface area contributed by atoms with Gasteiger partial charge in [0.15, 0.2) is 0 Å². The van der Waals surface area contributed by atoms with Crippen LogP contribution in [0.2, 0.25) is 0 Å². The van der Waals surface area contributed by atoms with Gasteiger partial charge >= 0.3 is 6.03 Å². The van der Waals surface area contributed by atoms with Gasteiger partial charge in [-0.15, -0.1) is 11.3 Å². The van der Waals surface area contributed by atoms with E-state index in [4.69, 9.17) is 5.73 Å². The molecule has 1 aromatic heterocycles. The van der Waals surface area contributed by atoms with Gasteiger partial charge in [-0.1, -0.05) is 35.9 Å². The molecule has 0 aliphatic rings. The van der Waals surface area contributed by atoms with E-state index in [1.807, 2.05) is 42.6 Å². The summed E-state index contributed by atoms with van der Waals surface area (Å²) < 4.78 is 0. The number of amides is 3. The molecule has 0 fully saturated rings. The molecule has 5 nitrogen and oxygen atoms in total. The first-order valence-electron chi connectivity index (χ1n) is 7.65. The van der Waals surface area contributed by atoms with Crippen molar-refractivity contribution in [3.63, 3.8) is 0 Å². The van der Waals surface area contributed by atoms with E-state index in [1.165, 1.54) is 16.9 Å². The standard InChI is InChI=1S/C19H17N3O2S/c1-12-5-7-13(8-6-12)16-9-10-25-17(16)18(23)21-14-3-2-4-15(11-14)22-19(20)24/h2-11H,1H3,(H,21,23)(H3,20,22,24). The number of anilines is 2. The van der Waals surface area contributed by atoms with Crippen molar-refractivity contribution >= 4 is 34.6 Å². The number of hydrogen-bond donors (Lipinski definition) is 3. The molecule has 3 aromatic rings. The van der Waals surface area contributed by atoms with E-state index in [-0.39, 0.29) is 5.91 Å². The lowest BCUT2D eigenvalue weighted by Crippen LogP contribution is -2.19. The number of aryl methyl sites for hydroxylation is 1. The molecule has 4 N–H and O–H groups in total. The largest absolute Gasteiger partial charge is 0.351 e. The number of urea groups is 1. The smallest absolute Gasteiger partial charge is 0.316 e. The molecule has 0 aliphatic heterocycles. The first-order valence-corrected chi connectivity index (χ1v) is 8.53. The molecule has 3 rings (SSSR count). The first kappa shape index (κ1) is 16.7. The number of primary amides is 1. The summed E-state index contributed by atoms with van der Waals surface area (Å²) in [5.41, 5.74) is 9.29. The van der Waals surface area contributed by atoms with Crippen molar-refractivity contribution in [3.8, 4) is 11.1 Å². The molecule has 0 bridgehead atoms. The van der Waals surface area contributed by atoms with Crippen LogP contribution in [0.25, 0.3) is 11.1 Å². The lowest BCUT2D eigenvalue weighted by Gasteiger charge is -2.08. The first-order chi connectivity index (χ1) is 12.0. The molecule has 0 radical (unpaired) electrons. The SMILES string of the molecule is Cc1ccc(-c2ccsc2C(=O)Nc2cccc(NC(N)=O)c2)cc1. The van der Waals surface area contributed by atoms with E-state index in [0.29, 0.717) is 16.3 Å². The summed E-state index contributed by atoms with van der Waals surface area (Å²) in [5, 5.41) is 7.24. The molecule has 3 amide bonds. The van der Waals surface area contributed by atoms with Crippen molar-refractivity contribution in [2.24, 2.45) is 5.73 Å². The summed E-state index contributed by atoms with van der Waals surface area (Å²) in [5.74, 6) is -0.193. The van der Waals surface area contributed by atoms with Crippen molar-refractivity contribution in [3.05, 3.63) is 70.4 Å². The normalized spacial score (nSPS) is 10.3. The second kappa shape index (κ2) is 7.19. The third kappa shape index (κ3) is 4.05. The molecule has 2 aromatic carbocycles. The lowest BCUT2D eigenvalue weighted by molar-refractivity contribution is 0.103. The molecule has 0 saturated carbocycles. The van der Waals surface area contributed by atoms with Crippen LogP contribution in [-0.4, -0.2) is 11.9 Å². The zero-order valence-electron chi connectivity index (χ0n) is 13.6. The molecule has 0 atom stereocenters. The highest BCUT2D eigenvalue weighted by Gasteiger charge is 2.15. The Morgan fingerprint density at radius 3 is 2.32 bits per heavy atom. The molecule has 0 spiro atoms. The number of thiophene rings is 1. The van der Waals surface area contributed by atoms with E-state index < -0.39 is 6.03 Å². The van der Waals surface area contributed by atoms with E-state index in [2.05, 4.69) is 10.6 Å². The predicted molar refractivity (Wildman–Crippen MR) is 102 cm³/mol. The van der Waals surface area contributed by atoms with Gasteiger partial charge in [-0.3, -0.25) is 4.79 Å². The van der Waals surface area contributed by atoms with Crippen molar-refractivity contribution in [2.75, 3.05) is 10.6 Å². The molecular weight excluding hydrogens is 334 g/mol. The highest BCUT2D eigenvalue weighted by atomic mass is 32.1. The molecular formula is C19H17N3O2S. The summed E-state index contributed by atoms with van der Waals surface area (Å²) in [7, 11) is 0. The van der Waals surface area contributed by atoms with Crippen LogP contribution in [-0.2, 0) is 0 Å². The maximum Gasteiger partial charge on any atom is 0.316 e. The van der Waals surface area contributed by atoms with E-state index in [9.17, 15) is 9.59 Å². The molecule has 25 heavy (non-hydrogen) atoms. The Hall–Kier alpha value is -3.12. The van der Waals surface area contributed by atoms with Crippen molar-refractivity contribution in [1.29, 1.82) is 0 Å². The van der Waals surface area contributed by atoms with Crippen LogP contribution in [0.4, 0.5) is 16.2 Å². The zero-order chi connectivity index (χ0) is 17.8. The maximum atomic E-state index is 12.7. The Morgan fingerprint density at radius 1 is 0.960 bits per heavy atom. The minimum Gasteiger partial charge on any atom is -0.351 e. The second-order valence-electron chi connectivity index (χ2n) is 5.55. The Balaban J connectivity index is 1.82. The third-order valence-electron chi connectivity index (χ3n) is 3.62. The topological polar surface area (TPSA) is 84.2 Å². The zero-order valence-corrected chi connectivity index (χ0v) is 14.4. The van der Waals surface area contributed by atoms with E-state index in [0.717, 1.165) is 11.1 Å². The monoisotopic (exact) mass is 351 g/mol. The Morgan fingerprint density at radius 2 is 1.64 bits per heavy atom. The van der Waals surface area contributed by atoms with Gasteiger partial charge < -0.3 is 16.4 Å². The fraction of sp³-hybridized carbons (Fsp3) is 0.0526. The number of carbonyl (C=O) groups is 2. The van der Waals surface area contributed by atoms with Crippen molar-refractivity contribution < 1.29 is 9.59 Å². The molecule has 126 valence electrons. The average molecular weight is 351 g/mol. The lowest BCUT2D eigenvalue weighted by atomic mass is 10.0. The average Bonchev–Trinajstić information content (AvgIpc) is 3.05. The van der Waals surface area contributed by atoms with Gasteiger partial charge in [0.1, 0.15) is 0 Å². The number of nitrogens with one attached hydrogen (secondary N) is 2. The summed E-state index contributed by atoms with van der Waals surface area (Å²) in [6.45, 7) is 2.03. The van der Waals surface area contributed by atoms with Gasteiger partial charge in [0, 0.05) is 16.9 Å². The third-order valence-corrected chi connectivity index (χ3v) is 4.54. The Bertz CT molecular complexity index is 916. The number of hydrogen-bond acceptors (Lipinski definition) is 3. The van der Waals surface area contributed by atoms with Crippen LogP contribution in [0.1, 0.15) is 15.2 Å². The molecule has 0 unspecified atom stereocenters. The van der Waals surface area contributed by atoms with Crippen molar-refractivity contribution in [1.82, 2.24) is 0 Å². The number of rotatable bonds is 4. The summed E-state index contributed by atoms with van der Waals surface area (Å²) in [6.07, 6.45) is 0. The fourth-order valence-corrected chi connectivity index (χ4v) is 3.26. The fourth-order valence-electron chi connectivity index (χ4n) is 2.45. The Kier molecular flexibility index (Phi) is 4.81. The molecule has 6 heteroatoms. The summed E-state index contributed by atoms with van der Waals surface area (Å²) in [4.78, 5) is 24.2. The van der Waals surface area contributed by atoms with Gasteiger partial charge in [0.05, 0.1) is 4.88 Å². The van der Waals surface area contributed by atoms with Crippen LogP contribution in [0.5, 0.6) is 0 Å². The molecule has 0 aliphatic carbocycles. The van der Waals surface area contributed by atoms with Crippen LogP contribution in [0.3, 0.4) is 0 Å². The number of benzene rings is 2. The number of carbonyl (C=O) groups excluding carboxylic acids is 2. The van der Waals surface area contributed by atoms with Gasteiger partial charge in [0.25, 0.3) is 5.91 Å². The second-order valence-corrected chi connectivity index (χ2v) is 6.47. The van der Waals surface area contributed by atoms with Crippen LogP contribution in [0.15, 0.2) is 60.0 Å². The van der Waals surface area contributed by atoms with Gasteiger partial charge in [0.2, 0.25) is 0 Å². The number of nitrogens with two attached hydrogens (primary N) is 1. The van der Waals surface area contributed by atoms with Gasteiger partial charge in [-0.25, -0.2) is 4.79 Å². The van der Waals surface area contributed by atoms with Gasteiger partial charge in [-0.2, -0.15) is 0 Å². The quantitative estimate of drug-likeness (QED) is 0.648. The van der Waals surface area contributed by atoms with E-state index in [1.54, 1.807) is 24.3 Å². The highest BCUT2D eigenvalue weighted by molar-refractivity contribution is 7.12. The molecule has 1 heterocycles.